The molecule has 0 spiro atoms. The molecule has 0 amide bonds. The van der Waals surface area contributed by atoms with E-state index in [2.05, 4.69) is 0 Å². The molecule has 1 saturated heterocycles. The SMILES string of the molecule is COC(=O)[C@]12C(=O)OC[C@H](C)C1CC=C2C. The zero-order valence-electron chi connectivity index (χ0n) is 9.78. The van der Waals surface area contributed by atoms with Gasteiger partial charge in [0.15, 0.2) is 5.41 Å². The molecule has 0 N–H and O–H groups in total. The smallest absolute Gasteiger partial charge is 0.328 e. The number of hydrogen-bond acceptors (Lipinski definition) is 4. The lowest BCUT2D eigenvalue weighted by Gasteiger charge is -2.39. The Kier molecular flexibility index (Phi) is 2.52. The molecule has 0 radical (unpaired) electrons. The van der Waals surface area contributed by atoms with Crippen molar-refractivity contribution in [3.8, 4) is 0 Å². The van der Waals surface area contributed by atoms with E-state index in [1.807, 2.05) is 13.0 Å². The van der Waals surface area contributed by atoms with Gasteiger partial charge in [-0.15, -0.1) is 0 Å². The molecule has 0 bridgehead atoms. The second kappa shape index (κ2) is 3.61. The van der Waals surface area contributed by atoms with Gasteiger partial charge in [0.05, 0.1) is 13.7 Å². The normalized spacial score (nSPS) is 37.4. The van der Waals surface area contributed by atoms with E-state index in [-0.39, 0.29) is 11.8 Å². The Bertz CT molecular complexity index is 361. The topological polar surface area (TPSA) is 52.6 Å². The first-order valence-corrected chi connectivity index (χ1v) is 5.48. The van der Waals surface area contributed by atoms with Crippen LogP contribution in [-0.2, 0) is 19.1 Å². The van der Waals surface area contributed by atoms with Gasteiger partial charge in [0.1, 0.15) is 0 Å². The molecule has 1 heterocycles. The number of cyclic esters (lactones) is 1. The van der Waals surface area contributed by atoms with Crippen LogP contribution in [0.4, 0.5) is 0 Å². The fourth-order valence-electron chi connectivity index (χ4n) is 2.90. The number of carbonyl (C=O) groups excluding carboxylic acids is 2. The lowest BCUT2D eigenvalue weighted by molar-refractivity contribution is -0.181. The van der Waals surface area contributed by atoms with Crippen LogP contribution in [0.1, 0.15) is 20.3 Å². The number of methoxy groups -OCH3 is 1. The summed E-state index contributed by atoms with van der Waals surface area (Å²) in [7, 11) is 1.31. The van der Waals surface area contributed by atoms with Crippen molar-refractivity contribution in [2.45, 2.75) is 20.3 Å². The predicted octanol–water partition coefficient (Wildman–Crippen LogP) is 1.30. The molecule has 1 fully saturated rings. The highest BCUT2D eigenvalue weighted by Crippen LogP contribution is 2.51. The Hall–Kier alpha value is -1.32. The third kappa shape index (κ3) is 1.16. The first kappa shape index (κ1) is 11.2. The molecule has 1 unspecified atom stereocenters. The highest BCUT2D eigenvalue weighted by Gasteiger charge is 2.61. The first-order chi connectivity index (χ1) is 7.55. The molecule has 2 rings (SSSR count). The van der Waals surface area contributed by atoms with Gasteiger partial charge < -0.3 is 9.47 Å². The number of carbonyl (C=O) groups is 2. The van der Waals surface area contributed by atoms with Crippen LogP contribution in [0.3, 0.4) is 0 Å². The summed E-state index contributed by atoms with van der Waals surface area (Å²) in [5.74, 6) is -0.763. The number of rotatable bonds is 1. The van der Waals surface area contributed by atoms with Gasteiger partial charge in [0, 0.05) is 0 Å². The molecule has 1 aliphatic heterocycles. The number of fused-ring (bicyclic) bond motifs is 1. The number of hydrogen-bond donors (Lipinski definition) is 0. The molecule has 88 valence electrons. The quantitative estimate of drug-likeness (QED) is 0.383. The minimum Gasteiger partial charge on any atom is -0.468 e. The van der Waals surface area contributed by atoms with Crippen LogP contribution in [-0.4, -0.2) is 25.7 Å². The van der Waals surface area contributed by atoms with Gasteiger partial charge in [-0.25, -0.2) is 0 Å². The minimum atomic E-state index is -1.17. The van der Waals surface area contributed by atoms with Crippen molar-refractivity contribution < 1.29 is 19.1 Å². The van der Waals surface area contributed by atoms with Gasteiger partial charge in [0.2, 0.25) is 0 Å². The summed E-state index contributed by atoms with van der Waals surface area (Å²) < 4.78 is 9.92. The zero-order chi connectivity index (χ0) is 11.9. The maximum Gasteiger partial charge on any atom is 0.328 e. The van der Waals surface area contributed by atoms with Gasteiger partial charge >= 0.3 is 11.9 Å². The Morgan fingerprint density at radius 2 is 2.31 bits per heavy atom. The van der Waals surface area contributed by atoms with Crippen LogP contribution in [0.15, 0.2) is 11.6 Å². The Morgan fingerprint density at radius 1 is 1.62 bits per heavy atom. The Labute approximate surface area is 94.6 Å². The lowest BCUT2D eigenvalue weighted by atomic mass is 9.67. The number of esters is 2. The third-order valence-corrected chi connectivity index (χ3v) is 3.85. The minimum absolute atomic E-state index is 0.0128. The van der Waals surface area contributed by atoms with Crippen molar-refractivity contribution in [1.82, 2.24) is 0 Å². The average molecular weight is 224 g/mol. The molecule has 3 atom stereocenters. The van der Waals surface area contributed by atoms with Crippen molar-refractivity contribution in [3.05, 3.63) is 11.6 Å². The second-order valence-corrected chi connectivity index (χ2v) is 4.60. The summed E-state index contributed by atoms with van der Waals surface area (Å²) in [5.41, 5.74) is -0.409. The molecule has 0 saturated carbocycles. The molecule has 1 aliphatic carbocycles. The summed E-state index contributed by atoms with van der Waals surface area (Å²) in [5, 5.41) is 0. The molecular formula is C12H16O4. The summed E-state index contributed by atoms with van der Waals surface area (Å²) in [6.45, 7) is 4.20. The van der Waals surface area contributed by atoms with Crippen LogP contribution in [0.2, 0.25) is 0 Å². The van der Waals surface area contributed by atoms with Crippen LogP contribution < -0.4 is 0 Å². The van der Waals surface area contributed by atoms with Gasteiger partial charge in [-0.2, -0.15) is 0 Å². The maximum atomic E-state index is 12.0. The highest BCUT2D eigenvalue weighted by atomic mass is 16.6. The van der Waals surface area contributed by atoms with Gasteiger partial charge in [-0.05, 0) is 30.8 Å². The fourth-order valence-corrected chi connectivity index (χ4v) is 2.90. The van der Waals surface area contributed by atoms with Crippen LogP contribution in [0, 0.1) is 17.3 Å². The molecular weight excluding hydrogens is 208 g/mol. The molecule has 0 aromatic carbocycles. The van der Waals surface area contributed by atoms with Crippen molar-refractivity contribution in [2.75, 3.05) is 13.7 Å². The summed E-state index contributed by atoms with van der Waals surface area (Å²) >= 11 is 0. The molecule has 2 aliphatic rings. The van der Waals surface area contributed by atoms with Gasteiger partial charge in [-0.3, -0.25) is 9.59 Å². The predicted molar refractivity (Wildman–Crippen MR) is 56.4 cm³/mol. The van der Waals surface area contributed by atoms with E-state index in [1.165, 1.54) is 7.11 Å². The highest BCUT2D eigenvalue weighted by molar-refractivity contribution is 6.04. The van der Waals surface area contributed by atoms with Gasteiger partial charge in [-0.1, -0.05) is 13.0 Å². The van der Waals surface area contributed by atoms with E-state index in [0.717, 1.165) is 12.0 Å². The van der Waals surface area contributed by atoms with E-state index in [9.17, 15) is 9.59 Å². The first-order valence-electron chi connectivity index (χ1n) is 5.48. The van der Waals surface area contributed by atoms with Crippen molar-refractivity contribution in [1.29, 1.82) is 0 Å². The van der Waals surface area contributed by atoms with Crippen molar-refractivity contribution in [2.24, 2.45) is 17.3 Å². The van der Waals surface area contributed by atoms with Crippen molar-refractivity contribution in [3.63, 3.8) is 0 Å². The lowest BCUT2D eigenvalue weighted by Crippen LogP contribution is -2.52. The maximum absolute atomic E-state index is 12.0. The van der Waals surface area contributed by atoms with Crippen LogP contribution in [0.25, 0.3) is 0 Å². The van der Waals surface area contributed by atoms with E-state index in [1.54, 1.807) is 6.92 Å². The largest absolute Gasteiger partial charge is 0.468 e. The zero-order valence-corrected chi connectivity index (χ0v) is 9.78. The molecule has 0 aromatic rings. The summed E-state index contributed by atoms with van der Waals surface area (Å²) in [4.78, 5) is 24.0. The van der Waals surface area contributed by atoms with E-state index < -0.39 is 17.4 Å². The van der Waals surface area contributed by atoms with E-state index >= 15 is 0 Å². The van der Waals surface area contributed by atoms with Crippen LogP contribution >= 0.6 is 0 Å². The number of allylic oxidation sites excluding steroid dienone is 1. The molecule has 0 aromatic heterocycles. The fraction of sp³-hybridized carbons (Fsp3) is 0.667. The third-order valence-electron chi connectivity index (χ3n) is 3.85. The van der Waals surface area contributed by atoms with E-state index in [0.29, 0.717) is 6.61 Å². The summed E-state index contributed by atoms with van der Waals surface area (Å²) in [6.07, 6.45) is 2.70. The average Bonchev–Trinajstić information content (AvgIpc) is 2.63. The molecule has 4 nitrogen and oxygen atoms in total. The van der Waals surface area contributed by atoms with Gasteiger partial charge in [0.25, 0.3) is 0 Å². The Balaban J connectivity index is 2.51. The van der Waals surface area contributed by atoms with Crippen molar-refractivity contribution >= 4 is 11.9 Å². The standard InChI is InChI=1S/C12H16O4/c1-7-6-16-11(14)12(10(13)15-3)8(2)4-5-9(7)12/h4,7,9H,5-6H2,1-3H3/t7-,9?,12+/m0/s1. The molecule has 4 heteroatoms. The monoisotopic (exact) mass is 224 g/mol. The molecule has 16 heavy (non-hydrogen) atoms. The summed E-state index contributed by atoms with van der Waals surface area (Å²) in [6, 6.07) is 0. The number of ether oxygens (including phenoxy) is 2. The Morgan fingerprint density at radius 3 is 2.94 bits per heavy atom. The van der Waals surface area contributed by atoms with E-state index in [4.69, 9.17) is 9.47 Å². The second-order valence-electron chi connectivity index (χ2n) is 4.60. The van der Waals surface area contributed by atoms with Crippen LogP contribution in [0.5, 0.6) is 0 Å².